The number of allylic oxidation sites excluding steroid dienone is 2. The largest absolute Gasteiger partial charge is 0.472 e. The minimum absolute atomic E-state index is 0.0112. The van der Waals surface area contributed by atoms with Crippen molar-refractivity contribution in [3.63, 3.8) is 0 Å². The molecule has 0 aliphatic heterocycles. The Bertz CT molecular complexity index is 1320. The summed E-state index contributed by atoms with van der Waals surface area (Å²) in [7, 11) is -9.76. The van der Waals surface area contributed by atoms with Gasteiger partial charge in [0.1, 0.15) is 18.5 Å². The van der Waals surface area contributed by atoms with Crippen LogP contribution in [-0.4, -0.2) is 98.6 Å². The quantitative estimate of drug-likeness (QED) is 0.0150. The molecule has 1 aliphatic carbocycles. The van der Waals surface area contributed by atoms with Gasteiger partial charge in [-0.3, -0.25) is 28.0 Å². The number of hydrogen-bond acceptors (Lipinski definition) is 13. The molecule has 1 rings (SSSR count). The number of esters is 2. The summed E-state index contributed by atoms with van der Waals surface area (Å²) < 4.78 is 47.7. The summed E-state index contributed by atoms with van der Waals surface area (Å²) >= 11 is 0. The van der Waals surface area contributed by atoms with E-state index < -0.39 is 78.4 Å². The van der Waals surface area contributed by atoms with Crippen molar-refractivity contribution >= 4 is 33.4 Å². The number of aliphatic hydroxyl groups is 3. The van der Waals surface area contributed by atoms with E-state index in [0.717, 1.165) is 64.2 Å². The summed E-state index contributed by atoms with van der Waals surface area (Å²) in [6.45, 7) is 1.36. The van der Waals surface area contributed by atoms with Crippen LogP contribution in [0.4, 0.5) is 0 Å². The van der Waals surface area contributed by atoms with Gasteiger partial charge < -0.3 is 39.5 Å². The Kier molecular flexibility index (Phi) is 31.6. The van der Waals surface area contributed by atoms with Crippen molar-refractivity contribution in [1.29, 1.82) is 0 Å². The summed E-state index contributed by atoms with van der Waals surface area (Å²) in [5.74, 6) is -1.84. The predicted molar refractivity (Wildman–Crippen MR) is 226 cm³/mol. The van der Waals surface area contributed by atoms with Crippen molar-refractivity contribution in [3.8, 4) is 0 Å². The van der Waals surface area contributed by atoms with E-state index in [2.05, 4.69) is 35.0 Å². The Labute approximate surface area is 357 Å². The van der Waals surface area contributed by atoms with Gasteiger partial charge in [-0.05, 0) is 51.4 Å². The van der Waals surface area contributed by atoms with Gasteiger partial charge in [0.15, 0.2) is 6.10 Å². The second-order valence-corrected chi connectivity index (χ2v) is 18.4. The number of phosphoric ester groups is 2. The van der Waals surface area contributed by atoms with Gasteiger partial charge in [-0.1, -0.05) is 115 Å². The van der Waals surface area contributed by atoms with Crippen LogP contribution in [0.5, 0.6) is 0 Å². The molecule has 1 aliphatic rings. The molecule has 0 heterocycles. The maximum atomic E-state index is 12.7. The highest BCUT2D eigenvalue weighted by Crippen LogP contribution is 2.44. The third-order valence-corrected chi connectivity index (χ3v) is 11.6. The van der Waals surface area contributed by atoms with Gasteiger partial charge >= 0.3 is 27.6 Å². The third-order valence-electron chi connectivity index (χ3n) is 10.2. The van der Waals surface area contributed by atoms with E-state index in [9.17, 15) is 43.7 Å². The average molecular weight is 899 g/mol. The first-order valence-electron chi connectivity index (χ1n) is 22.1. The fourth-order valence-electron chi connectivity index (χ4n) is 6.77. The van der Waals surface area contributed by atoms with Crippen LogP contribution in [0.25, 0.3) is 0 Å². The molecular weight excluding hydrogens is 822 g/mol. The van der Waals surface area contributed by atoms with Crippen LogP contribution >= 0.6 is 15.6 Å². The first kappa shape index (κ1) is 56.2. The molecule has 60 heavy (non-hydrogen) atoms. The number of hydrogen-bond donors (Lipinski definition) is 6. The topological polar surface area (TPSA) is 253 Å². The lowest BCUT2D eigenvalue weighted by Gasteiger charge is -2.20. The minimum atomic E-state index is -4.89. The molecule has 6 N–H and O–H groups in total. The van der Waals surface area contributed by atoms with Crippen LogP contribution in [0.3, 0.4) is 0 Å². The van der Waals surface area contributed by atoms with Crippen LogP contribution in [-0.2, 0) is 46.6 Å². The van der Waals surface area contributed by atoms with Crippen molar-refractivity contribution in [3.05, 3.63) is 24.3 Å². The Morgan fingerprint density at radius 2 is 1.27 bits per heavy atom. The number of carbonyl (C=O) groups is 3. The molecule has 0 aromatic heterocycles. The summed E-state index contributed by atoms with van der Waals surface area (Å²) in [6.07, 6.45) is 22.2. The number of aliphatic hydroxyl groups excluding tert-OH is 3. The number of rotatable bonds is 38. The standard InChI is InChI=1S/C42H76O16P2/c1-3-5-7-8-9-10-11-12-13-14-15-16-22-26-42(48)58-36(33-57-60(52,53)56-31-35(44)30-55-59(49,50)51)32-54-41(47)25-21-18-17-20-24-37-38(40(46)29-39(37)45)28-27-34(43)23-19-6-4-2/h10-11,27-28,34-38,40,43-44,46H,3-9,12-26,29-33H2,1-2H3,(H,52,53)(H2,49,50,51)/b11-10-,28-27+/t34-,35-,36+,37+,38+,40+/m0/s1. The van der Waals surface area contributed by atoms with E-state index in [1.807, 2.05) is 0 Å². The van der Waals surface area contributed by atoms with Crippen LogP contribution in [0.1, 0.15) is 162 Å². The number of Topliss-reactive ketones (excluding diaryl/α,β-unsaturated/α-hetero) is 1. The molecule has 0 saturated heterocycles. The zero-order valence-electron chi connectivity index (χ0n) is 36.0. The zero-order valence-corrected chi connectivity index (χ0v) is 37.8. The molecule has 350 valence electrons. The highest BCUT2D eigenvalue weighted by atomic mass is 31.2. The Hall–Kier alpha value is -1.81. The lowest BCUT2D eigenvalue weighted by molar-refractivity contribution is -0.161. The van der Waals surface area contributed by atoms with Crippen molar-refractivity contribution in [2.24, 2.45) is 11.8 Å². The Morgan fingerprint density at radius 3 is 1.92 bits per heavy atom. The average Bonchev–Trinajstić information content (AvgIpc) is 3.46. The number of ether oxygens (including phenoxy) is 2. The first-order valence-corrected chi connectivity index (χ1v) is 25.2. The van der Waals surface area contributed by atoms with Crippen LogP contribution in [0, 0.1) is 11.8 Å². The lowest BCUT2D eigenvalue weighted by Crippen LogP contribution is -2.30. The van der Waals surface area contributed by atoms with Gasteiger partial charge in [-0.15, -0.1) is 0 Å². The molecule has 1 fully saturated rings. The molecule has 0 amide bonds. The summed E-state index contributed by atoms with van der Waals surface area (Å²) in [5, 5.41) is 30.5. The second kappa shape index (κ2) is 33.7. The van der Waals surface area contributed by atoms with E-state index in [4.69, 9.17) is 23.8 Å². The maximum Gasteiger partial charge on any atom is 0.472 e. The Morgan fingerprint density at radius 1 is 0.717 bits per heavy atom. The highest BCUT2D eigenvalue weighted by Gasteiger charge is 2.39. The molecule has 18 heteroatoms. The van der Waals surface area contributed by atoms with E-state index in [0.29, 0.717) is 38.5 Å². The predicted octanol–water partition coefficient (Wildman–Crippen LogP) is 7.71. The van der Waals surface area contributed by atoms with Gasteiger partial charge in [0.25, 0.3) is 0 Å². The smallest absolute Gasteiger partial charge is 0.462 e. The fourth-order valence-corrected chi connectivity index (χ4v) is 7.92. The van der Waals surface area contributed by atoms with Crippen molar-refractivity contribution in [2.45, 2.75) is 186 Å². The third kappa shape index (κ3) is 30.3. The fraction of sp³-hybridized carbons (Fsp3) is 0.833. The van der Waals surface area contributed by atoms with Gasteiger partial charge in [0.2, 0.25) is 0 Å². The highest BCUT2D eigenvalue weighted by molar-refractivity contribution is 7.47. The lowest BCUT2D eigenvalue weighted by atomic mass is 9.88. The van der Waals surface area contributed by atoms with Gasteiger partial charge in [-0.25, -0.2) is 9.13 Å². The second-order valence-electron chi connectivity index (χ2n) is 15.7. The van der Waals surface area contributed by atoms with Crippen LogP contribution < -0.4 is 0 Å². The van der Waals surface area contributed by atoms with Crippen molar-refractivity contribution < 1.29 is 76.6 Å². The molecule has 0 bridgehead atoms. The number of carbonyl (C=O) groups excluding carboxylic acids is 3. The minimum Gasteiger partial charge on any atom is -0.462 e. The van der Waals surface area contributed by atoms with Gasteiger partial charge in [0.05, 0.1) is 32.0 Å². The Balaban J connectivity index is 2.54. The van der Waals surface area contributed by atoms with E-state index in [1.54, 1.807) is 12.2 Å². The molecule has 0 aromatic rings. The summed E-state index contributed by atoms with van der Waals surface area (Å²) in [5.41, 5.74) is 0. The summed E-state index contributed by atoms with van der Waals surface area (Å²) in [4.78, 5) is 65.4. The van der Waals surface area contributed by atoms with E-state index in [1.165, 1.54) is 25.7 Å². The molecular formula is C42H76O16P2. The van der Waals surface area contributed by atoms with E-state index in [-0.39, 0.29) is 36.9 Å². The number of phosphoric acid groups is 2. The zero-order chi connectivity index (χ0) is 44.7. The van der Waals surface area contributed by atoms with Crippen molar-refractivity contribution in [1.82, 2.24) is 0 Å². The molecule has 1 unspecified atom stereocenters. The maximum absolute atomic E-state index is 12.7. The number of ketones is 1. The summed E-state index contributed by atoms with van der Waals surface area (Å²) in [6, 6.07) is 0. The monoisotopic (exact) mass is 898 g/mol. The van der Waals surface area contributed by atoms with Crippen molar-refractivity contribution in [2.75, 3.05) is 26.4 Å². The molecule has 16 nitrogen and oxygen atoms in total. The molecule has 1 saturated carbocycles. The molecule has 0 radical (unpaired) electrons. The van der Waals surface area contributed by atoms with Gasteiger partial charge in [0, 0.05) is 31.1 Å². The number of unbranched alkanes of at least 4 members (excludes halogenated alkanes) is 14. The molecule has 0 aromatic carbocycles. The van der Waals surface area contributed by atoms with Gasteiger partial charge in [-0.2, -0.15) is 0 Å². The first-order chi connectivity index (χ1) is 28.6. The SMILES string of the molecule is CCCCCC/C=C\CCCCCCCC(=O)O[C@H](COC(=O)CCCCCC[C@H]1C(=O)C[C@@H](O)[C@@H]1/C=C/[C@@H](O)CCCCC)COP(=O)(O)OC[C@@H](O)COP(=O)(O)O. The van der Waals surface area contributed by atoms with E-state index >= 15 is 0 Å². The van der Waals surface area contributed by atoms with Crippen LogP contribution in [0.2, 0.25) is 0 Å². The molecule has 7 atom stereocenters. The van der Waals surface area contributed by atoms with Crippen LogP contribution in [0.15, 0.2) is 24.3 Å². The molecule has 0 spiro atoms. The normalized spacial score (nSPS) is 19.8.